The number of aromatic nitrogens is 1. The fourth-order valence-electron chi connectivity index (χ4n) is 3.44. The molecule has 0 unspecified atom stereocenters. The normalized spacial score (nSPS) is 15.4. The molecule has 0 aliphatic carbocycles. The van der Waals surface area contributed by atoms with E-state index in [0.717, 1.165) is 73.7 Å². The molecule has 1 aliphatic heterocycles. The van der Waals surface area contributed by atoms with Crippen molar-refractivity contribution in [1.29, 1.82) is 0 Å². The van der Waals surface area contributed by atoms with Gasteiger partial charge >= 0.3 is 0 Å². The molecule has 1 saturated heterocycles. The van der Waals surface area contributed by atoms with Crippen molar-refractivity contribution >= 4 is 17.3 Å². The molecular weight excluding hydrogens is 386 g/mol. The van der Waals surface area contributed by atoms with Crippen molar-refractivity contribution in [2.75, 3.05) is 47.4 Å². The number of piperazine rings is 1. The third kappa shape index (κ3) is 5.61. The quantitative estimate of drug-likeness (QED) is 0.552. The number of ether oxygens (including phenoxy) is 2. The molecule has 0 atom stereocenters. The van der Waals surface area contributed by atoms with E-state index in [1.807, 2.05) is 25.4 Å². The summed E-state index contributed by atoms with van der Waals surface area (Å²) in [5.41, 5.74) is 1.15. The lowest BCUT2D eigenvalue weighted by Crippen LogP contribution is -2.52. The van der Waals surface area contributed by atoms with Crippen molar-refractivity contribution in [3.63, 3.8) is 0 Å². The zero-order chi connectivity index (χ0) is 20.6. The molecule has 0 bridgehead atoms. The largest absolute Gasteiger partial charge is 0.497 e. The maximum atomic E-state index is 5.52. The van der Waals surface area contributed by atoms with Crippen molar-refractivity contribution in [2.24, 2.45) is 4.99 Å². The molecule has 29 heavy (non-hydrogen) atoms. The van der Waals surface area contributed by atoms with Crippen LogP contribution in [0, 0.1) is 0 Å². The molecule has 1 N–H and O–H groups in total. The van der Waals surface area contributed by atoms with Crippen molar-refractivity contribution in [2.45, 2.75) is 26.4 Å². The number of rotatable bonds is 7. The monoisotopic (exact) mass is 417 g/mol. The van der Waals surface area contributed by atoms with Gasteiger partial charge in [-0.25, -0.2) is 4.98 Å². The Hall–Kier alpha value is -2.32. The van der Waals surface area contributed by atoms with E-state index in [1.165, 1.54) is 4.88 Å². The van der Waals surface area contributed by atoms with Crippen LogP contribution in [0.3, 0.4) is 0 Å². The van der Waals surface area contributed by atoms with Gasteiger partial charge in [0.1, 0.15) is 16.5 Å². The lowest BCUT2D eigenvalue weighted by molar-refractivity contribution is 0.171. The Balaban J connectivity index is 1.52. The van der Waals surface area contributed by atoms with Crippen molar-refractivity contribution in [1.82, 2.24) is 20.1 Å². The van der Waals surface area contributed by atoms with Gasteiger partial charge in [0.15, 0.2) is 5.96 Å². The second kappa shape index (κ2) is 10.5. The van der Waals surface area contributed by atoms with Crippen LogP contribution in [0.1, 0.15) is 22.4 Å². The number of methoxy groups -OCH3 is 2. The molecule has 3 rings (SSSR count). The average molecular weight is 418 g/mol. The number of nitrogens with zero attached hydrogens (tertiary/aromatic N) is 4. The number of nitrogens with one attached hydrogen (secondary N) is 1. The van der Waals surface area contributed by atoms with Crippen LogP contribution >= 0.6 is 11.3 Å². The molecule has 0 saturated carbocycles. The van der Waals surface area contributed by atoms with Crippen molar-refractivity contribution in [3.05, 3.63) is 39.8 Å². The van der Waals surface area contributed by atoms with Gasteiger partial charge in [-0.2, -0.15) is 0 Å². The number of guanidine groups is 1. The summed E-state index contributed by atoms with van der Waals surface area (Å²) in [7, 11) is 5.25. The maximum absolute atomic E-state index is 5.52. The molecule has 1 fully saturated rings. The fourth-order valence-corrected chi connectivity index (χ4v) is 4.25. The van der Waals surface area contributed by atoms with E-state index in [0.29, 0.717) is 0 Å². The molecule has 0 spiro atoms. The smallest absolute Gasteiger partial charge is 0.194 e. The van der Waals surface area contributed by atoms with Gasteiger partial charge < -0.3 is 19.7 Å². The van der Waals surface area contributed by atoms with E-state index in [1.54, 1.807) is 25.6 Å². The van der Waals surface area contributed by atoms with E-state index in [2.05, 4.69) is 38.1 Å². The van der Waals surface area contributed by atoms with Gasteiger partial charge in [0.05, 0.1) is 20.8 Å². The summed E-state index contributed by atoms with van der Waals surface area (Å²) in [6.45, 7) is 7.53. The summed E-state index contributed by atoms with van der Waals surface area (Å²) >= 11 is 1.76. The van der Waals surface area contributed by atoms with Crippen molar-refractivity contribution in [3.8, 4) is 11.5 Å². The van der Waals surface area contributed by atoms with Gasteiger partial charge in [0.2, 0.25) is 0 Å². The molecule has 158 valence electrons. The Morgan fingerprint density at radius 3 is 2.62 bits per heavy atom. The van der Waals surface area contributed by atoms with Gasteiger partial charge in [-0.3, -0.25) is 9.89 Å². The third-order valence-corrected chi connectivity index (χ3v) is 6.25. The first-order valence-corrected chi connectivity index (χ1v) is 10.8. The van der Waals surface area contributed by atoms with Gasteiger partial charge in [-0.05, 0) is 24.6 Å². The predicted molar refractivity (Wildman–Crippen MR) is 118 cm³/mol. The Labute approximate surface area is 177 Å². The van der Waals surface area contributed by atoms with E-state index >= 15 is 0 Å². The topological polar surface area (TPSA) is 62.2 Å². The van der Waals surface area contributed by atoms with Crippen LogP contribution in [0.5, 0.6) is 11.5 Å². The molecule has 0 amide bonds. The Kier molecular flexibility index (Phi) is 7.71. The Bertz CT molecular complexity index is 815. The molecule has 2 aromatic rings. The highest BCUT2D eigenvalue weighted by atomic mass is 32.1. The van der Waals surface area contributed by atoms with E-state index < -0.39 is 0 Å². The molecular formula is C21H31N5O2S. The lowest BCUT2D eigenvalue weighted by Gasteiger charge is -2.36. The first-order chi connectivity index (χ1) is 14.2. The van der Waals surface area contributed by atoms with Crippen LogP contribution in [0.15, 0.2) is 29.4 Å². The third-order valence-electron chi connectivity index (χ3n) is 5.11. The fraction of sp³-hybridized carbons (Fsp3) is 0.524. The highest BCUT2D eigenvalue weighted by molar-refractivity contribution is 7.11. The van der Waals surface area contributed by atoms with Crippen LogP contribution in [0.25, 0.3) is 0 Å². The molecule has 2 heterocycles. The predicted octanol–water partition coefficient (Wildman–Crippen LogP) is 2.62. The SMILES string of the molecule is CCc1cnc(CNC(=NC)N2CCN(Cc3cc(OC)ccc3OC)CC2)s1. The Morgan fingerprint density at radius 2 is 2.00 bits per heavy atom. The summed E-state index contributed by atoms with van der Waals surface area (Å²) < 4.78 is 10.9. The van der Waals surface area contributed by atoms with E-state index in [9.17, 15) is 0 Å². The van der Waals surface area contributed by atoms with E-state index in [-0.39, 0.29) is 0 Å². The zero-order valence-corrected chi connectivity index (χ0v) is 18.6. The maximum Gasteiger partial charge on any atom is 0.194 e. The molecule has 1 aliphatic rings. The highest BCUT2D eigenvalue weighted by Gasteiger charge is 2.21. The van der Waals surface area contributed by atoms with Crippen LogP contribution in [-0.4, -0.2) is 68.2 Å². The van der Waals surface area contributed by atoms with Crippen molar-refractivity contribution < 1.29 is 9.47 Å². The van der Waals surface area contributed by atoms with Crippen LogP contribution in [-0.2, 0) is 19.5 Å². The first kappa shape index (κ1) is 21.4. The molecule has 7 nitrogen and oxygen atoms in total. The van der Waals surface area contributed by atoms with Crippen LogP contribution in [0.2, 0.25) is 0 Å². The minimum absolute atomic E-state index is 0.721. The molecule has 0 radical (unpaired) electrons. The average Bonchev–Trinajstić information content (AvgIpc) is 3.23. The summed E-state index contributed by atoms with van der Waals surface area (Å²) in [6.07, 6.45) is 3.00. The summed E-state index contributed by atoms with van der Waals surface area (Å²) in [6, 6.07) is 5.96. The molecule has 8 heteroatoms. The number of hydrogen-bond acceptors (Lipinski definition) is 6. The minimum atomic E-state index is 0.721. The lowest BCUT2D eigenvalue weighted by atomic mass is 10.1. The number of benzene rings is 1. The summed E-state index contributed by atoms with van der Waals surface area (Å²) in [5.74, 6) is 2.70. The van der Waals surface area contributed by atoms with Gasteiger partial charge in [-0.1, -0.05) is 6.92 Å². The van der Waals surface area contributed by atoms with Crippen LogP contribution in [0.4, 0.5) is 0 Å². The number of aliphatic imine (C=N–C) groups is 1. The van der Waals surface area contributed by atoms with Crippen LogP contribution < -0.4 is 14.8 Å². The zero-order valence-electron chi connectivity index (χ0n) is 17.8. The summed E-state index contributed by atoms with van der Waals surface area (Å²) in [5, 5.41) is 4.56. The van der Waals surface area contributed by atoms with Gasteiger partial charge in [-0.15, -0.1) is 11.3 Å². The number of aryl methyl sites for hydroxylation is 1. The number of hydrogen-bond donors (Lipinski definition) is 1. The highest BCUT2D eigenvalue weighted by Crippen LogP contribution is 2.25. The second-order valence-electron chi connectivity index (χ2n) is 6.92. The first-order valence-electron chi connectivity index (χ1n) is 9.99. The molecule has 1 aromatic heterocycles. The molecule has 1 aromatic carbocycles. The minimum Gasteiger partial charge on any atom is -0.497 e. The van der Waals surface area contributed by atoms with Gasteiger partial charge in [0.25, 0.3) is 0 Å². The summed E-state index contributed by atoms with van der Waals surface area (Å²) in [4.78, 5) is 15.0. The van der Waals surface area contributed by atoms with Gasteiger partial charge in [0, 0.05) is 56.4 Å². The second-order valence-corrected chi connectivity index (χ2v) is 8.12. The standard InChI is InChI=1S/C21H31N5O2S/c1-5-18-13-23-20(29-18)14-24-21(22-2)26-10-8-25(9-11-26)15-16-12-17(27-3)6-7-19(16)28-4/h6-7,12-13H,5,8-11,14-15H2,1-4H3,(H,22,24). The number of thiazole rings is 1. The van der Waals surface area contributed by atoms with E-state index in [4.69, 9.17) is 9.47 Å². The Morgan fingerprint density at radius 1 is 1.21 bits per heavy atom.